The second kappa shape index (κ2) is 6.20. The van der Waals surface area contributed by atoms with Crippen molar-refractivity contribution in [2.45, 2.75) is 42.7 Å². The average molecular weight is 321 g/mol. The minimum atomic E-state index is 0.515. The van der Waals surface area contributed by atoms with Crippen LogP contribution in [0.2, 0.25) is 5.02 Å². The van der Waals surface area contributed by atoms with Crippen LogP contribution in [0.15, 0.2) is 28.4 Å². The third-order valence-corrected chi connectivity index (χ3v) is 4.85. The van der Waals surface area contributed by atoms with Crippen LogP contribution in [-0.4, -0.2) is 21.5 Å². The van der Waals surface area contributed by atoms with Gasteiger partial charge >= 0.3 is 0 Å². The number of nitrogens with one attached hydrogen (secondary N) is 1. The van der Waals surface area contributed by atoms with Crippen molar-refractivity contribution in [2.75, 3.05) is 11.9 Å². The molecule has 4 nitrogen and oxygen atoms in total. The van der Waals surface area contributed by atoms with E-state index in [4.69, 9.17) is 16.6 Å². The van der Waals surface area contributed by atoms with E-state index >= 15 is 0 Å². The summed E-state index contributed by atoms with van der Waals surface area (Å²) in [6.07, 6.45) is 4.11. The SMILES string of the molecule is CCNc1nc(C2CC2)nc(Sc2ncccc2Cl)c1C. The molecule has 3 rings (SSSR count). The van der Waals surface area contributed by atoms with E-state index in [-0.39, 0.29) is 0 Å². The first-order valence-corrected chi connectivity index (χ1v) is 8.29. The molecule has 21 heavy (non-hydrogen) atoms. The molecule has 0 atom stereocenters. The molecule has 0 aliphatic heterocycles. The monoisotopic (exact) mass is 320 g/mol. The Morgan fingerprint density at radius 3 is 2.81 bits per heavy atom. The Balaban J connectivity index is 1.98. The molecule has 2 aromatic rings. The molecular weight excluding hydrogens is 304 g/mol. The van der Waals surface area contributed by atoms with Crippen molar-refractivity contribution < 1.29 is 0 Å². The van der Waals surface area contributed by atoms with Gasteiger partial charge in [0.15, 0.2) is 0 Å². The van der Waals surface area contributed by atoms with Gasteiger partial charge in [-0.15, -0.1) is 0 Å². The van der Waals surface area contributed by atoms with Gasteiger partial charge in [-0.3, -0.25) is 0 Å². The molecule has 0 radical (unpaired) electrons. The topological polar surface area (TPSA) is 50.7 Å². The summed E-state index contributed by atoms with van der Waals surface area (Å²) in [4.78, 5) is 13.7. The summed E-state index contributed by atoms with van der Waals surface area (Å²) in [6.45, 7) is 4.95. The van der Waals surface area contributed by atoms with Gasteiger partial charge in [-0.05, 0) is 50.6 Å². The lowest BCUT2D eigenvalue weighted by molar-refractivity contribution is 0.859. The van der Waals surface area contributed by atoms with Gasteiger partial charge in [0.05, 0.1) is 5.02 Å². The normalized spacial score (nSPS) is 14.2. The van der Waals surface area contributed by atoms with Crippen molar-refractivity contribution in [1.29, 1.82) is 0 Å². The zero-order chi connectivity index (χ0) is 14.8. The molecule has 1 fully saturated rings. The average Bonchev–Trinajstić information content (AvgIpc) is 3.30. The second-order valence-corrected chi connectivity index (χ2v) is 6.44. The van der Waals surface area contributed by atoms with Crippen LogP contribution in [0.4, 0.5) is 5.82 Å². The first kappa shape index (κ1) is 14.6. The molecule has 0 aromatic carbocycles. The van der Waals surface area contributed by atoms with E-state index < -0.39 is 0 Å². The Morgan fingerprint density at radius 2 is 2.14 bits per heavy atom. The largest absolute Gasteiger partial charge is 0.370 e. The Bertz CT molecular complexity index is 658. The van der Waals surface area contributed by atoms with Crippen molar-refractivity contribution >= 4 is 29.2 Å². The fourth-order valence-corrected chi connectivity index (χ4v) is 3.10. The van der Waals surface area contributed by atoms with E-state index in [1.165, 1.54) is 24.6 Å². The van der Waals surface area contributed by atoms with E-state index in [1.807, 2.05) is 19.1 Å². The predicted octanol–water partition coefficient (Wildman–Crippen LogP) is 4.29. The molecule has 1 N–H and O–H groups in total. The molecule has 2 heterocycles. The molecule has 0 amide bonds. The summed E-state index contributed by atoms with van der Waals surface area (Å²) in [7, 11) is 0. The van der Waals surface area contributed by atoms with Crippen LogP contribution >= 0.6 is 23.4 Å². The highest BCUT2D eigenvalue weighted by molar-refractivity contribution is 7.99. The highest BCUT2D eigenvalue weighted by Gasteiger charge is 2.28. The van der Waals surface area contributed by atoms with E-state index in [0.717, 1.165) is 33.8 Å². The van der Waals surface area contributed by atoms with Crippen molar-refractivity contribution in [2.24, 2.45) is 0 Å². The summed E-state index contributed by atoms with van der Waals surface area (Å²) in [5.74, 6) is 2.37. The number of aromatic nitrogens is 3. The Morgan fingerprint density at radius 1 is 1.33 bits per heavy atom. The molecular formula is C15H17ClN4S. The highest BCUT2D eigenvalue weighted by Crippen LogP contribution is 2.41. The Labute approximate surface area is 133 Å². The fraction of sp³-hybridized carbons (Fsp3) is 0.400. The highest BCUT2D eigenvalue weighted by atomic mass is 35.5. The summed E-state index contributed by atoms with van der Waals surface area (Å²) in [6, 6.07) is 3.68. The Kier molecular flexibility index (Phi) is 4.31. The maximum Gasteiger partial charge on any atom is 0.135 e. The van der Waals surface area contributed by atoms with Gasteiger partial charge in [-0.1, -0.05) is 11.6 Å². The molecule has 2 aromatic heterocycles. The summed E-state index contributed by atoms with van der Waals surface area (Å²) in [5.41, 5.74) is 1.05. The van der Waals surface area contributed by atoms with Crippen LogP contribution in [0.1, 0.15) is 37.1 Å². The molecule has 0 unspecified atom stereocenters. The number of pyridine rings is 1. The molecule has 1 saturated carbocycles. The standard InChI is InChI=1S/C15H17ClN4S/c1-3-17-12-9(2)14(20-13(19-12)10-6-7-10)21-15-11(16)5-4-8-18-15/h4-5,8,10H,3,6-7H2,1-2H3,(H,17,19,20). The molecule has 1 aliphatic carbocycles. The van der Waals surface area contributed by atoms with Crippen LogP contribution in [0.25, 0.3) is 0 Å². The fourth-order valence-electron chi connectivity index (χ4n) is 2.01. The second-order valence-electron chi connectivity index (χ2n) is 5.06. The van der Waals surface area contributed by atoms with Gasteiger partial charge in [0.2, 0.25) is 0 Å². The van der Waals surface area contributed by atoms with Gasteiger partial charge in [0, 0.05) is 24.2 Å². The van der Waals surface area contributed by atoms with E-state index in [0.29, 0.717) is 10.9 Å². The molecule has 0 spiro atoms. The van der Waals surface area contributed by atoms with Gasteiger partial charge in [-0.2, -0.15) is 0 Å². The minimum Gasteiger partial charge on any atom is -0.370 e. The number of rotatable bonds is 5. The number of hydrogen-bond acceptors (Lipinski definition) is 5. The van der Waals surface area contributed by atoms with Gasteiger partial charge in [-0.25, -0.2) is 15.0 Å². The van der Waals surface area contributed by atoms with Crippen molar-refractivity contribution in [3.63, 3.8) is 0 Å². The molecule has 110 valence electrons. The Hall–Kier alpha value is -1.33. The molecule has 0 bridgehead atoms. The summed E-state index contributed by atoms with van der Waals surface area (Å²) >= 11 is 7.71. The van der Waals surface area contributed by atoms with E-state index in [2.05, 4.69) is 22.2 Å². The summed E-state index contributed by atoms with van der Waals surface area (Å²) in [5, 5.41) is 5.69. The van der Waals surface area contributed by atoms with Crippen molar-refractivity contribution in [3.05, 3.63) is 34.7 Å². The van der Waals surface area contributed by atoms with Crippen molar-refractivity contribution in [3.8, 4) is 0 Å². The van der Waals surface area contributed by atoms with Gasteiger partial charge in [0.1, 0.15) is 21.7 Å². The first-order valence-electron chi connectivity index (χ1n) is 7.09. The summed E-state index contributed by atoms with van der Waals surface area (Å²) < 4.78 is 0. The number of nitrogens with zero attached hydrogens (tertiary/aromatic N) is 3. The smallest absolute Gasteiger partial charge is 0.135 e. The third-order valence-electron chi connectivity index (χ3n) is 3.32. The maximum absolute atomic E-state index is 6.20. The van der Waals surface area contributed by atoms with E-state index in [1.54, 1.807) is 6.20 Å². The third kappa shape index (κ3) is 3.30. The van der Waals surface area contributed by atoms with E-state index in [9.17, 15) is 0 Å². The van der Waals surface area contributed by atoms with Crippen LogP contribution < -0.4 is 5.32 Å². The van der Waals surface area contributed by atoms with Gasteiger partial charge in [0.25, 0.3) is 0 Å². The molecule has 0 saturated heterocycles. The predicted molar refractivity (Wildman–Crippen MR) is 86.3 cm³/mol. The first-order chi connectivity index (χ1) is 10.2. The minimum absolute atomic E-state index is 0.515. The number of hydrogen-bond donors (Lipinski definition) is 1. The number of halogens is 1. The quantitative estimate of drug-likeness (QED) is 0.833. The van der Waals surface area contributed by atoms with Crippen LogP contribution in [0, 0.1) is 6.92 Å². The number of anilines is 1. The van der Waals surface area contributed by atoms with Crippen LogP contribution in [0.5, 0.6) is 0 Å². The zero-order valence-electron chi connectivity index (χ0n) is 12.1. The lowest BCUT2D eigenvalue weighted by Crippen LogP contribution is -2.07. The zero-order valence-corrected chi connectivity index (χ0v) is 13.6. The van der Waals surface area contributed by atoms with Crippen LogP contribution in [-0.2, 0) is 0 Å². The van der Waals surface area contributed by atoms with Crippen LogP contribution in [0.3, 0.4) is 0 Å². The molecule has 6 heteroatoms. The maximum atomic E-state index is 6.20. The van der Waals surface area contributed by atoms with Gasteiger partial charge < -0.3 is 5.32 Å². The molecule has 1 aliphatic rings. The van der Waals surface area contributed by atoms with Crippen molar-refractivity contribution in [1.82, 2.24) is 15.0 Å². The lowest BCUT2D eigenvalue weighted by atomic mass is 10.3. The lowest BCUT2D eigenvalue weighted by Gasteiger charge is -2.12.